The Morgan fingerprint density at radius 3 is 1.60 bits per heavy atom. The molecule has 0 radical (unpaired) electrons. The highest BCUT2D eigenvalue weighted by atomic mass is 16.6. The predicted octanol–water partition coefficient (Wildman–Crippen LogP) is 5.51. The Balaban J connectivity index is 0.000000253. The molecular weight excluding hydrogens is 769 g/mol. The van der Waals surface area contributed by atoms with E-state index in [2.05, 4.69) is 51.1 Å². The summed E-state index contributed by atoms with van der Waals surface area (Å²) in [5.74, 6) is 1.42. The first-order chi connectivity index (χ1) is 28.7. The fourth-order valence-electron chi connectivity index (χ4n) is 6.26. The van der Waals surface area contributed by atoms with Crippen LogP contribution in [0.5, 0.6) is 0 Å². The number of nitrogens with zero attached hydrogens (tertiary/aromatic N) is 6. The third-order valence-electron chi connectivity index (χ3n) is 9.98. The largest absolute Gasteiger partial charge is 0.447 e. The normalized spacial score (nSPS) is 21.9. The number of hydrogen-bond acceptors (Lipinski definition) is 9. The van der Waals surface area contributed by atoms with E-state index >= 15 is 0 Å². The monoisotopic (exact) mass is 832 g/mol. The number of hydrogen-bond donors (Lipinski definition) is 0. The maximum Gasteiger partial charge on any atom is 0.413 e. The summed E-state index contributed by atoms with van der Waals surface area (Å²) >= 11 is 0. The summed E-state index contributed by atoms with van der Waals surface area (Å²) in [6.45, 7) is 34.2. The predicted molar refractivity (Wildman–Crippen MR) is 231 cm³/mol. The minimum absolute atomic E-state index is 0.00347. The molecule has 0 aliphatic carbocycles. The first-order valence-electron chi connectivity index (χ1n) is 20.2. The van der Waals surface area contributed by atoms with Gasteiger partial charge in [0.05, 0.1) is 26.4 Å². The number of carbonyl (C=O) groups is 6. The smallest absolute Gasteiger partial charge is 0.413 e. The average Bonchev–Trinajstić information content (AvgIpc) is 4.03. The average molecular weight is 833 g/mol. The van der Waals surface area contributed by atoms with Gasteiger partial charge in [-0.15, -0.1) is 0 Å². The first-order valence-corrected chi connectivity index (χ1v) is 20.2. The van der Waals surface area contributed by atoms with Crippen molar-refractivity contribution in [2.75, 3.05) is 72.3 Å². The van der Waals surface area contributed by atoms with Crippen molar-refractivity contribution in [3.8, 4) is 0 Å². The van der Waals surface area contributed by atoms with Gasteiger partial charge in [0.25, 0.3) is 11.8 Å². The number of amides is 6. The van der Waals surface area contributed by atoms with Gasteiger partial charge in [-0.3, -0.25) is 28.9 Å². The maximum absolute atomic E-state index is 12.0. The Morgan fingerprint density at radius 1 is 0.650 bits per heavy atom. The van der Waals surface area contributed by atoms with E-state index in [0.717, 1.165) is 37.1 Å². The molecule has 1 aromatic carbocycles. The number of rotatable bonds is 7. The lowest BCUT2D eigenvalue weighted by Gasteiger charge is -2.26. The standard InChI is InChI=1S/C13H15NO2.3C7H11NO.C6H9NO2.C5H7NO2/c1-2-11-3-5-12(6-4-11)13(15)14-7-9-16-10-8-14;1-3-8-5-6(2)4-7(8)9;1-3-8-5-4-6(2)7(8)9;1-3-8-6(2)4-5-7(8)9;1-2-7-3-4-9-5-6(7)8;1-2-6-3-4-8-5(6)7/h2-6H,1,7-10H2;3*3,6H,1,4-5H2,2H3;2H,1,3-5H2;2H,1,3-4H2. The number of carbonyl (C=O) groups excluding carboxylic acids is 6. The van der Waals surface area contributed by atoms with E-state index < -0.39 is 0 Å². The molecule has 0 spiro atoms. The van der Waals surface area contributed by atoms with Crippen LogP contribution in [0.3, 0.4) is 0 Å². The molecular formula is C45H64N6O9. The van der Waals surface area contributed by atoms with Crippen LogP contribution in [0.4, 0.5) is 4.79 Å². The minimum Gasteiger partial charge on any atom is -0.447 e. The first kappa shape index (κ1) is 50.3. The molecule has 0 aromatic heterocycles. The molecule has 6 aliphatic heterocycles. The molecule has 0 N–H and O–H groups in total. The zero-order chi connectivity index (χ0) is 44.6. The van der Waals surface area contributed by atoms with Crippen LogP contribution in [-0.2, 0) is 33.4 Å². The summed E-state index contributed by atoms with van der Waals surface area (Å²) in [4.78, 5) is 75.8. The molecule has 1 aromatic rings. The molecule has 6 saturated heterocycles. The van der Waals surface area contributed by atoms with Crippen molar-refractivity contribution < 1.29 is 43.0 Å². The number of ether oxygens (including phenoxy) is 3. The van der Waals surface area contributed by atoms with E-state index in [1.54, 1.807) is 44.3 Å². The third-order valence-corrected chi connectivity index (χ3v) is 9.98. The highest BCUT2D eigenvalue weighted by Crippen LogP contribution is 2.18. The highest BCUT2D eigenvalue weighted by Gasteiger charge is 2.26. The van der Waals surface area contributed by atoms with Crippen LogP contribution in [0.2, 0.25) is 0 Å². The third kappa shape index (κ3) is 16.5. The van der Waals surface area contributed by atoms with E-state index in [0.29, 0.717) is 77.4 Å². The quantitative estimate of drug-likeness (QED) is 0.347. The summed E-state index contributed by atoms with van der Waals surface area (Å²) in [5.41, 5.74) is 1.76. The topological polar surface area (TPSA) is 150 Å². The maximum atomic E-state index is 12.0. The second-order valence-electron chi connectivity index (χ2n) is 14.4. The van der Waals surface area contributed by atoms with Crippen molar-refractivity contribution in [1.82, 2.24) is 29.4 Å². The Morgan fingerprint density at radius 2 is 1.25 bits per heavy atom. The molecule has 15 nitrogen and oxygen atoms in total. The van der Waals surface area contributed by atoms with E-state index in [1.165, 1.54) is 17.3 Å². The van der Waals surface area contributed by atoms with Gasteiger partial charge in [0.2, 0.25) is 17.7 Å². The number of cyclic esters (lactones) is 1. The van der Waals surface area contributed by atoms with E-state index in [9.17, 15) is 28.8 Å². The van der Waals surface area contributed by atoms with E-state index in [1.807, 2.05) is 43.0 Å². The number of likely N-dealkylation sites (tertiary alicyclic amines) is 3. The van der Waals surface area contributed by atoms with E-state index in [-0.39, 0.29) is 48.2 Å². The van der Waals surface area contributed by atoms with Crippen molar-refractivity contribution in [1.29, 1.82) is 0 Å². The van der Waals surface area contributed by atoms with Crippen molar-refractivity contribution in [2.24, 2.45) is 11.8 Å². The second-order valence-corrected chi connectivity index (χ2v) is 14.4. The Bertz CT molecular complexity index is 1630. The Labute approximate surface area is 355 Å². The summed E-state index contributed by atoms with van der Waals surface area (Å²) in [6, 6.07) is 7.86. The van der Waals surface area contributed by atoms with Gasteiger partial charge < -0.3 is 38.7 Å². The zero-order valence-electron chi connectivity index (χ0n) is 35.7. The van der Waals surface area contributed by atoms with Crippen LogP contribution in [0.1, 0.15) is 62.4 Å². The number of benzene rings is 1. The molecule has 6 aliphatic rings. The summed E-state index contributed by atoms with van der Waals surface area (Å²) in [7, 11) is 0. The van der Waals surface area contributed by atoms with Crippen molar-refractivity contribution in [3.05, 3.63) is 106 Å². The van der Waals surface area contributed by atoms with Gasteiger partial charge in [-0.1, -0.05) is 71.5 Å². The van der Waals surface area contributed by atoms with Gasteiger partial charge in [0.15, 0.2) is 0 Å². The Hall–Kier alpha value is -5.80. The molecule has 7 rings (SSSR count). The zero-order valence-corrected chi connectivity index (χ0v) is 35.7. The van der Waals surface area contributed by atoms with Crippen LogP contribution in [0.15, 0.2) is 94.7 Å². The molecule has 60 heavy (non-hydrogen) atoms. The summed E-state index contributed by atoms with van der Waals surface area (Å²) in [5, 5.41) is 0. The minimum atomic E-state index is -0.292. The fourth-order valence-corrected chi connectivity index (χ4v) is 6.26. The van der Waals surface area contributed by atoms with Crippen LogP contribution in [0, 0.1) is 11.8 Å². The molecule has 3 unspecified atom stereocenters. The van der Waals surface area contributed by atoms with Crippen LogP contribution in [-0.4, -0.2) is 143 Å². The molecule has 0 bridgehead atoms. The van der Waals surface area contributed by atoms with E-state index in [4.69, 9.17) is 9.47 Å². The lowest BCUT2D eigenvalue weighted by Crippen LogP contribution is -2.40. The van der Waals surface area contributed by atoms with Gasteiger partial charge in [-0.25, -0.2) is 4.79 Å². The summed E-state index contributed by atoms with van der Waals surface area (Å²) < 4.78 is 14.7. The molecule has 6 fully saturated rings. The molecule has 6 amide bonds. The molecule has 328 valence electrons. The van der Waals surface area contributed by atoms with Crippen molar-refractivity contribution in [3.63, 3.8) is 0 Å². The second kappa shape index (κ2) is 27.1. The molecule has 6 heterocycles. The highest BCUT2D eigenvalue weighted by molar-refractivity contribution is 5.94. The van der Waals surface area contributed by atoms with Gasteiger partial charge in [0.1, 0.15) is 13.2 Å². The lowest BCUT2D eigenvalue weighted by molar-refractivity contribution is -0.139. The lowest BCUT2D eigenvalue weighted by atomic mass is 10.1. The van der Waals surface area contributed by atoms with Gasteiger partial charge in [-0.05, 0) is 68.2 Å². The van der Waals surface area contributed by atoms with Crippen molar-refractivity contribution in [2.45, 2.75) is 52.5 Å². The van der Waals surface area contributed by atoms with Gasteiger partial charge in [-0.2, -0.15) is 0 Å². The van der Waals surface area contributed by atoms with Crippen molar-refractivity contribution >= 4 is 41.7 Å². The molecule has 15 heteroatoms. The molecule has 3 atom stereocenters. The van der Waals surface area contributed by atoms with Crippen LogP contribution >= 0.6 is 0 Å². The number of morpholine rings is 2. The summed E-state index contributed by atoms with van der Waals surface area (Å²) in [6.07, 6.45) is 12.6. The Kier molecular flexibility index (Phi) is 22.7. The fraction of sp³-hybridized carbons (Fsp3) is 0.467. The SMILES string of the molecule is C=CN1C(=O)CCC1C.C=CN1CC(C)CC1=O.C=CN1CCC(C)C1=O.C=CN1CCOC1=O.C=CN1CCOCC1=O.C=Cc1ccc(C(=O)N2CCOCC2)cc1. The van der Waals surface area contributed by atoms with Crippen LogP contribution < -0.4 is 0 Å². The molecule has 0 saturated carbocycles. The van der Waals surface area contributed by atoms with Crippen LogP contribution in [0.25, 0.3) is 6.08 Å². The van der Waals surface area contributed by atoms with Gasteiger partial charge >= 0.3 is 6.09 Å². The van der Waals surface area contributed by atoms with Gasteiger partial charge in [0, 0.05) is 69.3 Å².